The average Bonchev–Trinajstić information content (AvgIpc) is 2.93. The quantitative estimate of drug-likeness (QED) is 0.475. The van der Waals surface area contributed by atoms with E-state index in [0.29, 0.717) is 32.6 Å². The van der Waals surface area contributed by atoms with Crippen molar-refractivity contribution in [2.24, 2.45) is 0 Å². The van der Waals surface area contributed by atoms with Gasteiger partial charge in [0.15, 0.2) is 11.5 Å². The van der Waals surface area contributed by atoms with Crippen molar-refractivity contribution in [2.75, 3.05) is 6.61 Å². The Bertz CT molecular complexity index is 1030. The Hall–Kier alpha value is -2.51. The van der Waals surface area contributed by atoms with Crippen LogP contribution in [0, 0.1) is 14.9 Å². The minimum absolute atomic E-state index is 0.0424. The number of carbonyl (C=O) groups is 2. The number of ether oxygens (including phenoxy) is 1. The third-order valence-electron chi connectivity index (χ3n) is 3.99. The first-order valence-electron chi connectivity index (χ1n) is 8.33. The molecule has 0 radical (unpaired) electrons. The van der Waals surface area contributed by atoms with Crippen LogP contribution in [0.4, 0.5) is 4.79 Å². The molecule has 1 aliphatic heterocycles. The topological polar surface area (TPSA) is 90.6 Å². The number of nitriles is 1. The summed E-state index contributed by atoms with van der Waals surface area (Å²) in [5, 5.41) is 18.9. The fourth-order valence-electron chi connectivity index (χ4n) is 2.67. The Morgan fingerprint density at radius 3 is 2.79 bits per heavy atom. The van der Waals surface area contributed by atoms with Gasteiger partial charge in [0.05, 0.1) is 33.3 Å². The summed E-state index contributed by atoms with van der Waals surface area (Å²) in [7, 11) is 0. The summed E-state index contributed by atoms with van der Waals surface area (Å²) in [6.07, 6.45) is 1.60. The summed E-state index contributed by atoms with van der Waals surface area (Å²) in [6, 6.07) is 12.3. The minimum Gasteiger partial charge on any atom is -0.504 e. The highest BCUT2D eigenvalue weighted by atomic mass is 127. The molecule has 0 atom stereocenters. The van der Waals surface area contributed by atoms with Gasteiger partial charge in [-0.1, -0.05) is 18.2 Å². The summed E-state index contributed by atoms with van der Waals surface area (Å²) in [5.41, 5.74) is 1.69. The first-order chi connectivity index (χ1) is 13.4. The number of nitrogens with zero attached hydrogens (tertiary/aromatic N) is 2. The number of benzene rings is 2. The molecule has 1 saturated heterocycles. The average molecular weight is 506 g/mol. The molecule has 1 aliphatic rings. The molecule has 2 amide bonds. The summed E-state index contributed by atoms with van der Waals surface area (Å²) < 4.78 is 5.99. The Labute approximate surface area is 179 Å². The van der Waals surface area contributed by atoms with E-state index in [4.69, 9.17) is 4.74 Å². The van der Waals surface area contributed by atoms with Crippen LogP contribution in [0.3, 0.4) is 0 Å². The van der Waals surface area contributed by atoms with Gasteiger partial charge in [0.25, 0.3) is 11.1 Å². The van der Waals surface area contributed by atoms with Gasteiger partial charge in [-0.2, -0.15) is 5.26 Å². The van der Waals surface area contributed by atoms with E-state index >= 15 is 0 Å². The van der Waals surface area contributed by atoms with Gasteiger partial charge in [-0.3, -0.25) is 14.5 Å². The van der Waals surface area contributed by atoms with E-state index < -0.39 is 5.91 Å². The molecule has 0 bridgehead atoms. The van der Waals surface area contributed by atoms with Crippen molar-refractivity contribution in [1.29, 1.82) is 5.26 Å². The van der Waals surface area contributed by atoms with Gasteiger partial charge in [0.2, 0.25) is 0 Å². The van der Waals surface area contributed by atoms with Crippen LogP contribution in [0.25, 0.3) is 6.08 Å². The zero-order valence-electron chi connectivity index (χ0n) is 14.8. The Morgan fingerprint density at radius 1 is 1.32 bits per heavy atom. The molecule has 142 valence electrons. The maximum Gasteiger partial charge on any atom is 0.293 e. The highest BCUT2D eigenvalue weighted by Crippen LogP contribution is 2.37. The number of hydrogen-bond acceptors (Lipinski definition) is 6. The molecule has 0 aliphatic carbocycles. The molecule has 1 fully saturated rings. The van der Waals surface area contributed by atoms with Crippen molar-refractivity contribution in [3.05, 3.63) is 61.6 Å². The lowest BCUT2D eigenvalue weighted by molar-refractivity contribution is -0.123. The van der Waals surface area contributed by atoms with Crippen LogP contribution in [0.5, 0.6) is 11.5 Å². The van der Waals surface area contributed by atoms with Crippen molar-refractivity contribution in [3.63, 3.8) is 0 Å². The Kier molecular flexibility index (Phi) is 6.26. The largest absolute Gasteiger partial charge is 0.504 e. The molecule has 2 aromatic carbocycles. The molecule has 3 rings (SSSR count). The molecular formula is C20H15IN2O4S. The maximum atomic E-state index is 12.7. The van der Waals surface area contributed by atoms with E-state index in [0.717, 1.165) is 16.7 Å². The number of hydrogen-bond donors (Lipinski definition) is 1. The molecule has 1 N–H and O–H groups in total. The van der Waals surface area contributed by atoms with Gasteiger partial charge in [0, 0.05) is 0 Å². The normalized spacial score (nSPS) is 15.2. The number of phenols is 1. The van der Waals surface area contributed by atoms with Crippen molar-refractivity contribution in [2.45, 2.75) is 13.5 Å². The van der Waals surface area contributed by atoms with Crippen LogP contribution < -0.4 is 4.74 Å². The van der Waals surface area contributed by atoms with Gasteiger partial charge in [-0.25, -0.2) is 0 Å². The number of imide groups is 1. The Balaban J connectivity index is 1.88. The number of carbonyl (C=O) groups excluding carboxylic acids is 2. The SMILES string of the molecule is CCOc1cc(/C=C2/SC(=O)N(Cc3ccccc3C#N)C2=O)cc(I)c1O. The summed E-state index contributed by atoms with van der Waals surface area (Å²) in [4.78, 5) is 26.5. The summed E-state index contributed by atoms with van der Waals surface area (Å²) in [5.74, 6) is -0.0487. The molecule has 2 aromatic rings. The lowest BCUT2D eigenvalue weighted by Crippen LogP contribution is -2.27. The number of halogens is 1. The first kappa shape index (κ1) is 20.2. The lowest BCUT2D eigenvalue weighted by atomic mass is 10.1. The third kappa shape index (κ3) is 4.15. The van der Waals surface area contributed by atoms with Gasteiger partial charge in [0.1, 0.15) is 0 Å². The van der Waals surface area contributed by atoms with Gasteiger partial charge in [-0.15, -0.1) is 0 Å². The second-order valence-corrected chi connectivity index (χ2v) is 7.97. The van der Waals surface area contributed by atoms with E-state index in [2.05, 4.69) is 6.07 Å². The second-order valence-electron chi connectivity index (χ2n) is 5.82. The first-order valence-corrected chi connectivity index (χ1v) is 10.2. The lowest BCUT2D eigenvalue weighted by Gasteiger charge is -2.13. The van der Waals surface area contributed by atoms with Crippen molar-refractivity contribution in [3.8, 4) is 17.6 Å². The van der Waals surface area contributed by atoms with Crippen molar-refractivity contribution >= 4 is 51.6 Å². The molecule has 1 heterocycles. The third-order valence-corrected chi connectivity index (χ3v) is 5.72. The predicted molar refractivity (Wildman–Crippen MR) is 115 cm³/mol. The zero-order chi connectivity index (χ0) is 20.3. The molecule has 6 nitrogen and oxygen atoms in total. The Morgan fingerprint density at radius 2 is 2.07 bits per heavy atom. The van der Waals surface area contributed by atoms with E-state index in [1.807, 2.05) is 29.5 Å². The number of thioether (sulfide) groups is 1. The van der Waals surface area contributed by atoms with E-state index in [1.165, 1.54) is 0 Å². The van der Waals surface area contributed by atoms with Crippen LogP contribution >= 0.6 is 34.4 Å². The summed E-state index contributed by atoms with van der Waals surface area (Å²) in [6.45, 7) is 2.24. The number of aromatic hydroxyl groups is 1. The van der Waals surface area contributed by atoms with Crippen LogP contribution in [-0.4, -0.2) is 27.8 Å². The van der Waals surface area contributed by atoms with Crippen molar-refractivity contribution in [1.82, 2.24) is 4.90 Å². The summed E-state index contributed by atoms with van der Waals surface area (Å²) >= 11 is 2.83. The van der Waals surface area contributed by atoms with E-state index in [9.17, 15) is 20.0 Å². The fourth-order valence-corrected chi connectivity index (χ4v) is 4.13. The maximum absolute atomic E-state index is 12.7. The van der Waals surface area contributed by atoms with Crippen LogP contribution in [0.2, 0.25) is 0 Å². The molecule has 0 saturated carbocycles. The molecular weight excluding hydrogens is 491 g/mol. The molecule has 0 aromatic heterocycles. The fraction of sp³-hybridized carbons (Fsp3) is 0.150. The highest BCUT2D eigenvalue weighted by molar-refractivity contribution is 14.1. The van der Waals surface area contributed by atoms with Gasteiger partial charge >= 0.3 is 0 Å². The van der Waals surface area contributed by atoms with E-state index in [-0.39, 0.29) is 22.4 Å². The highest BCUT2D eigenvalue weighted by Gasteiger charge is 2.35. The second kappa shape index (κ2) is 8.67. The molecule has 0 spiro atoms. The van der Waals surface area contributed by atoms with Crippen LogP contribution in [-0.2, 0) is 11.3 Å². The number of rotatable bonds is 5. The molecule has 0 unspecified atom stereocenters. The number of phenolic OH excluding ortho intramolecular Hbond substituents is 1. The molecule has 28 heavy (non-hydrogen) atoms. The van der Waals surface area contributed by atoms with Crippen LogP contribution in [0.15, 0.2) is 41.3 Å². The minimum atomic E-state index is -0.413. The number of amides is 2. The smallest absolute Gasteiger partial charge is 0.293 e. The van der Waals surface area contributed by atoms with E-state index in [1.54, 1.807) is 42.5 Å². The van der Waals surface area contributed by atoms with Crippen LogP contribution in [0.1, 0.15) is 23.6 Å². The predicted octanol–water partition coefficient (Wildman–Crippen LogP) is 4.50. The van der Waals surface area contributed by atoms with Gasteiger partial charge in [-0.05, 0) is 76.7 Å². The molecule has 8 heteroatoms. The zero-order valence-corrected chi connectivity index (χ0v) is 17.8. The monoisotopic (exact) mass is 506 g/mol. The van der Waals surface area contributed by atoms with Gasteiger partial charge < -0.3 is 9.84 Å². The van der Waals surface area contributed by atoms with Crippen molar-refractivity contribution < 1.29 is 19.4 Å². The standard InChI is InChI=1S/C20H15IN2O4S/c1-2-27-16-8-12(7-15(21)18(16)24)9-17-19(25)23(20(26)28-17)11-14-6-4-3-5-13(14)10-22/h3-9,24H,2,11H2,1H3/b17-9+.